The van der Waals surface area contributed by atoms with Crippen LogP contribution in [-0.4, -0.2) is 39.3 Å². The third kappa shape index (κ3) is 3.90. The van der Waals surface area contributed by atoms with Gasteiger partial charge in [0, 0.05) is 43.8 Å². The van der Waals surface area contributed by atoms with Crippen molar-refractivity contribution in [3.8, 4) is 11.4 Å². The van der Waals surface area contributed by atoms with Crippen molar-refractivity contribution in [2.75, 3.05) is 6.26 Å². The Bertz CT molecular complexity index is 1730. The molecule has 0 radical (unpaired) electrons. The fourth-order valence-corrected chi connectivity index (χ4v) is 5.36. The summed E-state index contributed by atoms with van der Waals surface area (Å²) in [6.45, 7) is 6.92. The fraction of sp³-hybridized carbons (Fsp3) is 0.346. The molecular formula is C26H30N6O3S. The fourth-order valence-electron chi connectivity index (χ4n) is 4.78. The minimum atomic E-state index is -1.19. The molecule has 188 valence electrons. The van der Waals surface area contributed by atoms with Crippen LogP contribution < -0.4 is 11.2 Å². The Morgan fingerprint density at radius 3 is 2.58 bits per heavy atom. The molecule has 1 atom stereocenters. The van der Waals surface area contributed by atoms with E-state index in [-0.39, 0.29) is 11.6 Å². The average molecular weight is 507 g/mol. The second kappa shape index (κ2) is 8.86. The summed E-state index contributed by atoms with van der Waals surface area (Å²) in [5.74, 6) is 0.178. The third-order valence-electron chi connectivity index (χ3n) is 6.57. The Hall–Kier alpha value is -3.50. The number of aryl methyl sites for hydroxylation is 2. The lowest BCUT2D eigenvalue weighted by atomic mass is 10.1. The Labute approximate surface area is 211 Å². The number of aromatic amines is 1. The summed E-state index contributed by atoms with van der Waals surface area (Å²) in [6, 6.07) is 8.06. The maximum Gasteiger partial charge on any atom is 0.332 e. The molecule has 1 N–H and O–H groups in total. The van der Waals surface area contributed by atoms with Crippen LogP contribution in [0.2, 0.25) is 0 Å². The zero-order valence-corrected chi connectivity index (χ0v) is 22.1. The van der Waals surface area contributed by atoms with Crippen LogP contribution in [-0.2, 0) is 38.4 Å². The highest BCUT2D eigenvalue weighted by molar-refractivity contribution is 7.90. The largest absolute Gasteiger partial charge is 0.612 e. The molecule has 0 aliphatic carbocycles. The number of hydrogen-bond donors (Lipinski definition) is 1. The lowest BCUT2D eigenvalue weighted by molar-refractivity contribution is 0.498. The van der Waals surface area contributed by atoms with E-state index in [2.05, 4.69) is 24.0 Å². The molecule has 0 aliphatic rings. The van der Waals surface area contributed by atoms with Crippen LogP contribution in [0.15, 0.2) is 51.1 Å². The molecule has 0 saturated carbocycles. The number of nitrogens with zero attached hydrogens (tertiary/aromatic N) is 5. The number of hydrogen-bond acceptors (Lipinski definition) is 4. The highest BCUT2D eigenvalue weighted by Gasteiger charge is 2.26. The summed E-state index contributed by atoms with van der Waals surface area (Å²) in [7, 11) is 3.36. The minimum Gasteiger partial charge on any atom is -0.612 e. The number of H-pyrrole nitrogens is 1. The van der Waals surface area contributed by atoms with Gasteiger partial charge in [-0.25, -0.2) is 4.79 Å². The van der Waals surface area contributed by atoms with Crippen molar-refractivity contribution in [1.82, 2.24) is 28.5 Å². The van der Waals surface area contributed by atoms with E-state index < -0.39 is 16.7 Å². The number of benzene rings is 1. The maximum atomic E-state index is 13.5. The van der Waals surface area contributed by atoms with Crippen LogP contribution in [0.1, 0.15) is 25.0 Å². The average Bonchev–Trinajstić information content (AvgIpc) is 3.50. The standard InChI is InChI=1S/C26H30N6O3S/c1-15(2)12-31-24-22(25(33)30(5)26(31)34)23(21-10-18(36(6)35)14-29(21)4)32(28-24)13-17-11-27-20-8-7-16(3)9-19(17)20/h7-11,14-15,27H,12-13H2,1-6H3. The molecule has 1 aromatic carbocycles. The van der Waals surface area contributed by atoms with E-state index in [9.17, 15) is 14.1 Å². The smallest absolute Gasteiger partial charge is 0.332 e. The second-order valence-electron chi connectivity index (χ2n) is 9.85. The Kier molecular flexibility index (Phi) is 5.96. The molecule has 5 rings (SSSR count). The van der Waals surface area contributed by atoms with E-state index >= 15 is 0 Å². The number of fused-ring (bicyclic) bond motifs is 2. The lowest BCUT2D eigenvalue weighted by Gasteiger charge is -2.11. The molecule has 36 heavy (non-hydrogen) atoms. The van der Waals surface area contributed by atoms with Crippen LogP contribution in [0, 0.1) is 12.8 Å². The van der Waals surface area contributed by atoms with Gasteiger partial charge >= 0.3 is 5.69 Å². The highest BCUT2D eigenvalue weighted by atomic mass is 32.2. The van der Waals surface area contributed by atoms with Crippen LogP contribution in [0.4, 0.5) is 0 Å². The summed E-state index contributed by atoms with van der Waals surface area (Å²) in [5, 5.41) is 6.32. The SMILES string of the molecule is Cc1ccc2[nH]cc(Cn3nc4c(c3-c3cc([S+](C)[O-])cn3C)c(=O)n(C)c(=O)n4CC(C)C)c2c1. The maximum absolute atomic E-state index is 13.5. The molecule has 0 fully saturated rings. The lowest BCUT2D eigenvalue weighted by Crippen LogP contribution is -2.38. The quantitative estimate of drug-likeness (QED) is 0.357. The van der Waals surface area contributed by atoms with Gasteiger partial charge in [-0.05, 0) is 41.7 Å². The first-order valence-corrected chi connectivity index (χ1v) is 13.4. The first kappa shape index (κ1) is 24.2. The summed E-state index contributed by atoms with van der Waals surface area (Å²) >= 11 is -1.19. The first-order chi connectivity index (χ1) is 17.1. The predicted octanol–water partition coefficient (Wildman–Crippen LogP) is 3.13. The van der Waals surface area contributed by atoms with Crippen LogP contribution in [0.3, 0.4) is 0 Å². The van der Waals surface area contributed by atoms with Gasteiger partial charge in [0.05, 0.1) is 18.4 Å². The van der Waals surface area contributed by atoms with Gasteiger partial charge in [0.2, 0.25) is 0 Å². The van der Waals surface area contributed by atoms with Crippen molar-refractivity contribution in [3.05, 3.63) is 68.6 Å². The summed E-state index contributed by atoms with van der Waals surface area (Å²) in [6.07, 6.45) is 5.39. The Morgan fingerprint density at radius 1 is 1.17 bits per heavy atom. The van der Waals surface area contributed by atoms with Gasteiger partial charge in [-0.1, -0.05) is 25.5 Å². The van der Waals surface area contributed by atoms with E-state index in [1.54, 1.807) is 21.7 Å². The minimum absolute atomic E-state index is 0.178. The molecule has 4 heterocycles. The van der Waals surface area contributed by atoms with Crippen molar-refractivity contribution in [3.63, 3.8) is 0 Å². The third-order valence-corrected chi connectivity index (χ3v) is 7.46. The summed E-state index contributed by atoms with van der Waals surface area (Å²) in [5.41, 5.74) is 4.08. The summed E-state index contributed by atoms with van der Waals surface area (Å²) < 4.78 is 18.7. The zero-order chi connectivity index (χ0) is 25.9. The molecule has 0 aliphatic heterocycles. The monoisotopic (exact) mass is 506 g/mol. The van der Waals surface area contributed by atoms with Gasteiger partial charge in [0.15, 0.2) is 10.5 Å². The van der Waals surface area contributed by atoms with Crippen molar-refractivity contribution in [1.29, 1.82) is 0 Å². The van der Waals surface area contributed by atoms with Crippen LogP contribution >= 0.6 is 0 Å². The Balaban J connectivity index is 1.85. The van der Waals surface area contributed by atoms with Gasteiger partial charge in [-0.15, -0.1) is 0 Å². The van der Waals surface area contributed by atoms with E-state index in [1.165, 1.54) is 7.05 Å². The summed E-state index contributed by atoms with van der Waals surface area (Å²) in [4.78, 5) is 30.6. The molecular weight excluding hydrogens is 476 g/mol. The molecule has 5 aromatic rings. The molecule has 0 spiro atoms. The second-order valence-corrected chi connectivity index (χ2v) is 11.2. The normalized spacial score (nSPS) is 12.9. The van der Waals surface area contributed by atoms with Crippen LogP contribution in [0.5, 0.6) is 0 Å². The molecule has 0 saturated heterocycles. The van der Waals surface area contributed by atoms with Crippen molar-refractivity contribution < 1.29 is 4.55 Å². The molecule has 1 unspecified atom stereocenters. The molecule has 10 heteroatoms. The number of aromatic nitrogens is 6. The zero-order valence-electron chi connectivity index (χ0n) is 21.3. The van der Waals surface area contributed by atoms with Gasteiger partial charge in [0.1, 0.15) is 17.3 Å². The highest BCUT2D eigenvalue weighted by Crippen LogP contribution is 2.31. The molecule has 0 bridgehead atoms. The van der Waals surface area contributed by atoms with Crippen molar-refractivity contribution in [2.24, 2.45) is 20.0 Å². The van der Waals surface area contributed by atoms with E-state index in [0.29, 0.717) is 40.4 Å². The van der Waals surface area contributed by atoms with E-state index in [0.717, 1.165) is 26.6 Å². The van der Waals surface area contributed by atoms with Gasteiger partial charge in [0.25, 0.3) is 5.56 Å². The molecule has 4 aromatic heterocycles. The van der Waals surface area contributed by atoms with Crippen molar-refractivity contribution >= 4 is 33.1 Å². The first-order valence-electron chi connectivity index (χ1n) is 11.8. The van der Waals surface area contributed by atoms with Gasteiger partial charge in [-0.2, -0.15) is 5.10 Å². The number of rotatable bonds is 6. The molecule has 0 amide bonds. The predicted molar refractivity (Wildman–Crippen MR) is 143 cm³/mol. The Morgan fingerprint density at radius 2 is 1.92 bits per heavy atom. The van der Waals surface area contributed by atoms with Gasteiger partial charge in [-0.3, -0.25) is 18.6 Å². The topological polar surface area (TPSA) is 106 Å². The van der Waals surface area contributed by atoms with Crippen LogP contribution in [0.25, 0.3) is 33.3 Å². The number of nitrogens with one attached hydrogen (secondary N) is 1. The van der Waals surface area contributed by atoms with Gasteiger partial charge < -0.3 is 14.1 Å². The van der Waals surface area contributed by atoms with E-state index in [4.69, 9.17) is 5.10 Å². The van der Waals surface area contributed by atoms with E-state index in [1.807, 2.05) is 43.8 Å². The van der Waals surface area contributed by atoms with Crippen molar-refractivity contribution in [2.45, 2.75) is 38.8 Å². The molecule has 9 nitrogen and oxygen atoms in total.